The van der Waals surface area contributed by atoms with Gasteiger partial charge in [-0.1, -0.05) is 30.3 Å². The summed E-state index contributed by atoms with van der Waals surface area (Å²) in [5, 5.41) is 2.54. The molecule has 0 spiro atoms. The summed E-state index contributed by atoms with van der Waals surface area (Å²) in [6.07, 6.45) is -0.0238. The molecule has 6 nitrogen and oxygen atoms in total. The van der Waals surface area contributed by atoms with Crippen LogP contribution in [-0.4, -0.2) is 20.2 Å². The molecule has 0 unspecified atom stereocenters. The molecule has 2 N–H and O–H groups in total. The van der Waals surface area contributed by atoms with Crippen LogP contribution in [0, 0.1) is 0 Å². The van der Waals surface area contributed by atoms with E-state index in [0.29, 0.717) is 5.69 Å². The van der Waals surface area contributed by atoms with Crippen molar-refractivity contribution in [2.24, 2.45) is 0 Å². The molecule has 2 rings (SSSR count). The van der Waals surface area contributed by atoms with Gasteiger partial charge in [0.25, 0.3) is 10.0 Å². The van der Waals surface area contributed by atoms with Gasteiger partial charge in [0, 0.05) is 12.6 Å². The second kappa shape index (κ2) is 7.06. The van der Waals surface area contributed by atoms with Crippen LogP contribution in [0.4, 0.5) is 5.69 Å². The second-order valence-corrected chi connectivity index (χ2v) is 6.58. The lowest BCUT2D eigenvalue weighted by atomic mass is 10.1. The molecule has 0 fully saturated rings. The number of sulfonamides is 1. The van der Waals surface area contributed by atoms with Crippen LogP contribution in [0.15, 0.2) is 59.5 Å². The Morgan fingerprint density at radius 3 is 2.13 bits per heavy atom. The monoisotopic (exact) mass is 332 g/mol. The number of hydrogen-bond acceptors (Lipinski definition) is 4. The summed E-state index contributed by atoms with van der Waals surface area (Å²) in [7, 11) is -3.94. The van der Waals surface area contributed by atoms with Crippen LogP contribution >= 0.6 is 0 Å². The summed E-state index contributed by atoms with van der Waals surface area (Å²) in [6.45, 7) is 1.36. The van der Waals surface area contributed by atoms with E-state index in [0.717, 1.165) is 5.56 Å². The Morgan fingerprint density at radius 1 is 0.957 bits per heavy atom. The van der Waals surface area contributed by atoms with Crippen molar-refractivity contribution < 1.29 is 18.0 Å². The van der Waals surface area contributed by atoms with Crippen molar-refractivity contribution in [1.82, 2.24) is 4.72 Å². The number of anilines is 1. The summed E-state index contributed by atoms with van der Waals surface area (Å²) in [6, 6.07) is 14.4. The van der Waals surface area contributed by atoms with Gasteiger partial charge in [0.05, 0.1) is 11.3 Å². The molecular weight excluding hydrogens is 316 g/mol. The van der Waals surface area contributed by atoms with Crippen LogP contribution in [-0.2, 0) is 26.0 Å². The number of amides is 2. The lowest BCUT2D eigenvalue weighted by Crippen LogP contribution is -2.31. The maximum atomic E-state index is 12.1. The molecule has 2 amide bonds. The van der Waals surface area contributed by atoms with E-state index in [-0.39, 0.29) is 17.2 Å². The van der Waals surface area contributed by atoms with E-state index in [1.165, 1.54) is 31.2 Å². The Bertz CT molecular complexity index is 800. The molecule has 0 aromatic heterocycles. The van der Waals surface area contributed by atoms with Crippen LogP contribution in [0.5, 0.6) is 0 Å². The molecule has 0 aliphatic heterocycles. The Balaban J connectivity index is 2.06. The van der Waals surface area contributed by atoms with Crippen molar-refractivity contribution in [2.45, 2.75) is 18.2 Å². The van der Waals surface area contributed by atoms with Crippen molar-refractivity contribution >= 4 is 27.5 Å². The highest BCUT2D eigenvalue weighted by molar-refractivity contribution is 7.90. The molecule has 2 aromatic rings. The Hall–Kier alpha value is -2.67. The number of carbonyl (C=O) groups is 2. The van der Waals surface area contributed by atoms with Gasteiger partial charge in [0.1, 0.15) is 0 Å². The SMILES string of the molecule is CC(=O)Nc1ccc(S(=O)(=O)NC(=O)Cc2ccccc2)cc1. The average Bonchev–Trinajstić information content (AvgIpc) is 2.47. The van der Waals surface area contributed by atoms with Gasteiger partial charge in [-0.25, -0.2) is 13.1 Å². The minimum atomic E-state index is -3.94. The van der Waals surface area contributed by atoms with E-state index >= 15 is 0 Å². The molecule has 2 aromatic carbocycles. The molecule has 0 bridgehead atoms. The number of carbonyl (C=O) groups excluding carboxylic acids is 2. The van der Waals surface area contributed by atoms with Crippen LogP contribution in [0.3, 0.4) is 0 Å². The highest BCUT2D eigenvalue weighted by atomic mass is 32.2. The van der Waals surface area contributed by atoms with E-state index < -0.39 is 15.9 Å². The molecule has 0 aliphatic carbocycles. The van der Waals surface area contributed by atoms with Crippen molar-refractivity contribution in [3.8, 4) is 0 Å². The van der Waals surface area contributed by atoms with Gasteiger partial charge in [-0.2, -0.15) is 0 Å². The zero-order valence-electron chi connectivity index (χ0n) is 12.4. The van der Waals surface area contributed by atoms with E-state index in [4.69, 9.17) is 0 Å². The van der Waals surface area contributed by atoms with Gasteiger partial charge in [-0.3, -0.25) is 9.59 Å². The van der Waals surface area contributed by atoms with Crippen molar-refractivity contribution in [1.29, 1.82) is 0 Å². The summed E-state index contributed by atoms with van der Waals surface area (Å²) in [5.74, 6) is -0.862. The van der Waals surface area contributed by atoms with Crippen LogP contribution in [0.25, 0.3) is 0 Å². The predicted octanol–water partition coefficient (Wildman–Crippen LogP) is 1.69. The first-order valence-corrected chi connectivity index (χ1v) is 8.32. The summed E-state index contributed by atoms with van der Waals surface area (Å²) in [4.78, 5) is 22.7. The summed E-state index contributed by atoms with van der Waals surface area (Å²) in [5.41, 5.74) is 1.20. The minimum Gasteiger partial charge on any atom is -0.326 e. The highest BCUT2D eigenvalue weighted by Gasteiger charge is 2.17. The molecule has 120 valence electrons. The van der Waals surface area contributed by atoms with Gasteiger partial charge in [0.2, 0.25) is 11.8 Å². The molecule has 0 aliphatic rings. The van der Waals surface area contributed by atoms with Gasteiger partial charge in [-0.15, -0.1) is 0 Å². The standard InChI is InChI=1S/C16H16N2O4S/c1-12(19)17-14-7-9-15(10-8-14)23(21,22)18-16(20)11-13-5-3-2-4-6-13/h2-10H,11H2,1H3,(H,17,19)(H,18,20). The van der Waals surface area contributed by atoms with E-state index in [1.54, 1.807) is 24.3 Å². The fraction of sp³-hybridized carbons (Fsp3) is 0.125. The fourth-order valence-corrected chi connectivity index (χ4v) is 2.93. The van der Waals surface area contributed by atoms with E-state index in [2.05, 4.69) is 5.32 Å². The average molecular weight is 332 g/mol. The number of hydrogen-bond donors (Lipinski definition) is 2. The van der Waals surface area contributed by atoms with E-state index in [1.807, 2.05) is 10.8 Å². The highest BCUT2D eigenvalue weighted by Crippen LogP contribution is 2.14. The third-order valence-electron chi connectivity index (χ3n) is 2.94. The molecule has 0 saturated heterocycles. The maximum absolute atomic E-state index is 12.1. The lowest BCUT2D eigenvalue weighted by Gasteiger charge is -2.08. The Labute approximate surface area is 134 Å². The third kappa shape index (κ3) is 4.93. The quantitative estimate of drug-likeness (QED) is 0.871. The van der Waals surface area contributed by atoms with Gasteiger partial charge in [0.15, 0.2) is 0 Å². The van der Waals surface area contributed by atoms with Crippen LogP contribution in [0.2, 0.25) is 0 Å². The first kappa shape index (κ1) is 16.7. The van der Waals surface area contributed by atoms with Crippen LogP contribution in [0.1, 0.15) is 12.5 Å². The van der Waals surface area contributed by atoms with Crippen LogP contribution < -0.4 is 10.0 Å². The summed E-state index contributed by atoms with van der Waals surface area (Å²) >= 11 is 0. The summed E-state index contributed by atoms with van der Waals surface area (Å²) < 4.78 is 26.3. The smallest absolute Gasteiger partial charge is 0.264 e. The third-order valence-corrected chi connectivity index (χ3v) is 4.33. The normalized spacial score (nSPS) is 10.8. The molecule has 23 heavy (non-hydrogen) atoms. The minimum absolute atomic E-state index is 0.0238. The lowest BCUT2D eigenvalue weighted by molar-refractivity contribution is -0.118. The zero-order chi connectivity index (χ0) is 16.9. The van der Waals surface area contributed by atoms with E-state index in [9.17, 15) is 18.0 Å². The predicted molar refractivity (Wildman–Crippen MR) is 86.2 cm³/mol. The largest absolute Gasteiger partial charge is 0.326 e. The zero-order valence-corrected chi connectivity index (χ0v) is 13.3. The topological polar surface area (TPSA) is 92.3 Å². The molecule has 7 heteroatoms. The number of benzene rings is 2. The molecule has 0 atom stereocenters. The molecule has 0 heterocycles. The Kier molecular flexibility index (Phi) is 5.13. The van der Waals surface area contributed by atoms with Crippen molar-refractivity contribution in [2.75, 3.05) is 5.32 Å². The number of rotatable bonds is 5. The fourth-order valence-electron chi connectivity index (χ4n) is 1.95. The van der Waals surface area contributed by atoms with Crippen molar-refractivity contribution in [3.05, 3.63) is 60.2 Å². The second-order valence-electron chi connectivity index (χ2n) is 4.90. The number of nitrogens with one attached hydrogen (secondary N) is 2. The van der Waals surface area contributed by atoms with Gasteiger partial charge < -0.3 is 5.32 Å². The maximum Gasteiger partial charge on any atom is 0.264 e. The molecular formula is C16H16N2O4S. The molecule has 0 radical (unpaired) electrons. The van der Waals surface area contributed by atoms with Crippen molar-refractivity contribution in [3.63, 3.8) is 0 Å². The first-order chi connectivity index (χ1) is 10.9. The van der Waals surface area contributed by atoms with Gasteiger partial charge in [-0.05, 0) is 29.8 Å². The Morgan fingerprint density at radius 2 is 1.57 bits per heavy atom. The first-order valence-electron chi connectivity index (χ1n) is 6.84. The van der Waals surface area contributed by atoms with Gasteiger partial charge >= 0.3 is 0 Å². The molecule has 0 saturated carbocycles.